The SMILES string of the molecule is OCCNCCCNCc1cccc(OCc2ccc(Cl)c(Cl)c2)c1. The molecule has 3 N–H and O–H groups in total. The molecule has 0 amide bonds. The first-order valence-corrected chi connectivity index (χ1v) is 9.12. The highest BCUT2D eigenvalue weighted by Gasteiger charge is 2.02. The molecule has 0 unspecified atom stereocenters. The molecular weight excluding hydrogens is 359 g/mol. The van der Waals surface area contributed by atoms with Gasteiger partial charge >= 0.3 is 0 Å². The number of ether oxygens (including phenoxy) is 1. The number of aliphatic hydroxyl groups excluding tert-OH is 1. The number of hydrogen-bond donors (Lipinski definition) is 3. The molecule has 0 saturated carbocycles. The Morgan fingerprint density at radius 1 is 0.880 bits per heavy atom. The number of hydrogen-bond acceptors (Lipinski definition) is 4. The first kappa shape index (κ1) is 20.0. The average Bonchev–Trinajstić information content (AvgIpc) is 2.62. The van der Waals surface area contributed by atoms with Gasteiger partial charge in [0.2, 0.25) is 0 Å². The Morgan fingerprint density at radius 3 is 2.52 bits per heavy atom. The van der Waals surface area contributed by atoms with Gasteiger partial charge in [-0.2, -0.15) is 0 Å². The number of benzene rings is 2. The van der Waals surface area contributed by atoms with Gasteiger partial charge in [0.15, 0.2) is 0 Å². The molecule has 0 aliphatic carbocycles. The van der Waals surface area contributed by atoms with Gasteiger partial charge in [0, 0.05) is 13.1 Å². The second kappa shape index (κ2) is 11.3. The third kappa shape index (κ3) is 7.63. The maximum atomic E-state index is 8.68. The Bertz CT molecular complexity index is 653. The molecule has 136 valence electrons. The monoisotopic (exact) mass is 382 g/mol. The van der Waals surface area contributed by atoms with E-state index >= 15 is 0 Å². The van der Waals surface area contributed by atoms with Gasteiger partial charge in [-0.25, -0.2) is 0 Å². The van der Waals surface area contributed by atoms with Crippen molar-refractivity contribution in [2.75, 3.05) is 26.2 Å². The van der Waals surface area contributed by atoms with Crippen molar-refractivity contribution in [3.05, 3.63) is 63.6 Å². The van der Waals surface area contributed by atoms with Crippen molar-refractivity contribution in [2.24, 2.45) is 0 Å². The zero-order chi connectivity index (χ0) is 17.9. The predicted octanol–water partition coefficient (Wildman–Crippen LogP) is 3.63. The topological polar surface area (TPSA) is 53.5 Å². The van der Waals surface area contributed by atoms with Crippen molar-refractivity contribution in [3.63, 3.8) is 0 Å². The van der Waals surface area contributed by atoms with Crippen molar-refractivity contribution in [3.8, 4) is 5.75 Å². The van der Waals surface area contributed by atoms with Crippen molar-refractivity contribution in [1.82, 2.24) is 10.6 Å². The van der Waals surface area contributed by atoms with Gasteiger partial charge in [-0.15, -0.1) is 0 Å². The lowest BCUT2D eigenvalue weighted by Gasteiger charge is -2.10. The summed E-state index contributed by atoms with van der Waals surface area (Å²) in [6, 6.07) is 13.5. The van der Waals surface area contributed by atoms with E-state index in [1.54, 1.807) is 6.07 Å². The Balaban J connectivity index is 1.73. The van der Waals surface area contributed by atoms with Crippen LogP contribution in [0.25, 0.3) is 0 Å². The molecule has 0 bridgehead atoms. The standard InChI is InChI=1S/C19H24Cl2N2O2/c20-18-6-5-16(12-19(18)21)14-25-17-4-1-3-15(11-17)13-23-8-2-7-22-9-10-24/h1,3-6,11-12,22-24H,2,7-10,13-14H2. The van der Waals surface area contributed by atoms with E-state index in [4.69, 9.17) is 33.0 Å². The Hall–Kier alpha value is -1.30. The van der Waals surface area contributed by atoms with Gasteiger partial charge in [0.1, 0.15) is 12.4 Å². The van der Waals surface area contributed by atoms with Gasteiger partial charge in [0.05, 0.1) is 16.7 Å². The Labute approximate surface area is 159 Å². The fourth-order valence-corrected chi connectivity index (χ4v) is 2.64. The third-order valence-electron chi connectivity index (χ3n) is 3.61. The molecule has 0 heterocycles. The maximum absolute atomic E-state index is 8.68. The maximum Gasteiger partial charge on any atom is 0.120 e. The lowest BCUT2D eigenvalue weighted by molar-refractivity contribution is 0.292. The van der Waals surface area contributed by atoms with Crippen LogP contribution in [-0.2, 0) is 13.2 Å². The highest BCUT2D eigenvalue weighted by molar-refractivity contribution is 6.42. The summed E-state index contributed by atoms with van der Waals surface area (Å²) in [6.07, 6.45) is 1.02. The lowest BCUT2D eigenvalue weighted by Crippen LogP contribution is -2.23. The number of halogens is 2. The molecule has 4 nitrogen and oxygen atoms in total. The van der Waals surface area contributed by atoms with Crippen LogP contribution in [0.1, 0.15) is 17.5 Å². The normalized spacial score (nSPS) is 10.8. The quantitative estimate of drug-likeness (QED) is 0.519. The van der Waals surface area contributed by atoms with E-state index < -0.39 is 0 Å². The van der Waals surface area contributed by atoms with Crippen LogP contribution in [0.3, 0.4) is 0 Å². The number of aliphatic hydroxyl groups is 1. The number of nitrogens with one attached hydrogen (secondary N) is 2. The molecule has 0 aromatic heterocycles. The molecule has 2 rings (SSSR count). The van der Waals surface area contributed by atoms with Gasteiger partial charge < -0.3 is 20.5 Å². The summed E-state index contributed by atoms with van der Waals surface area (Å²) in [7, 11) is 0. The van der Waals surface area contributed by atoms with Gasteiger partial charge in [-0.1, -0.05) is 41.4 Å². The summed E-state index contributed by atoms with van der Waals surface area (Å²) in [5, 5.41) is 16.3. The number of rotatable bonds is 11. The third-order valence-corrected chi connectivity index (χ3v) is 4.35. The predicted molar refractivity (Wildman–Crippen MR) is 104 cm³/mol. The molecule has 0 spiro atoms. The minimum atomic E-state index is 0.183. The smallest absolute Gasteiger partial charge is 0.120 e. The van der Waals surface area contributed by atoms with Crippen LogP contribution in [-0.4, -0.2) is 31.3 Å². The zero-order valence-corrected chi connectivity index (χ0v) is 15.6. The van der Waals surface area contributed by atoms with E-state index in [1.807, 2.05) is 30.3 Å². The molecule has 0 aliphatic heterocycles. The second-order valence-electron chi connectivity index (χ2n) is 5.69. The Morgan fingerprint density at radius 2 is 1.72 bits per heavy atom. The summed E-state index contributed by atoms with van der Waals surface area (Å²) >= 11 is 11.9. The van der Waals surface area contributed by atoms with Crippen molar-refractivity contribution in [2.45, 2.75) is 19.6 Å². The van der Waals surface area contributed by atoms with E-state index in [2.05, 4.69) is 16.7 Å². The summed E-state index contributed by atoms with van der Waals surface area (Å²) in [5.74, 6) is 0.829. The fourth-order valence-electron chi connectivity index (χ4n) is 2.32. The highest BCUT2D eigenvalue weighted by atomic mass is 35.5. The summed E-state index contributed by atoms with van der Waals surface area (Å²) < 4.78 is 5.84. The molecule has 2 aromatic carbocycles. The largest absolute Gasteiger partial charge is 0.489 e. The lowest BCUT2D eigenvalue weighted by atomic mass is 10.2. The van der Waals surface area contributed by atoms with Gasteiger partial charge in [-0.3, -0.25) is 0 Å². The average molecular weight is 383 g/mol. The second-order valence-corrected chi connectivity index (χ2v) is 6.50. The van der Waals surface area contributed by atoms with Crippen LogP contribution in [0, 0.1) is 0 Å². The summed E-state index contributed by atoms with van der Waals surface area (Å²) in [6.45, 7) is 3.90. The molecule has 0 saturated heterocycles. The Kier molecular flexibility index (Phi) is 9.08. The molecule has 0 aliphatic rings. The highest BCUT2D eigenvalue weighted by Crippen LogP contribution is 2.23. The van der Waals surface area contributed by atoms with Crippen LogP contribution in [0.2, 0.25) is 10.0 Å². The van der Waals surface area contributed by atoms with Crippen LogP contribution in [0.15, 0.2) is 42.5 Å². The molecule has 25 heavy (non-hydrogen) atoms. The first-order chi connectivity index (χ1) is 12.2. The minimum Gasteiger partial charge on any atom is -0.489 e. The van der Waals surface area contributed by atoms with Gasteiger partial charge in [-0.05, 0) is 54.9 Å². The first-order valence-electron chi connectivity index (χ1n) is 8.37. The van der Waals surface area contributed by atoms with Crippen LogP contribution >= 0.6 is 23.2 Å². The van der Waals surface area contributed by atoms with Crippen molar-refractivity contribution < 1.29 is 9.84 Å². The molecule has 0 fully saturated rings. The summed E-state index contributed by atoms with van der Waals surface area (Å²) in [4.78, 5) is 0. The molecular formula is C19H24Cl2N2O2. The zero-order valence-electron chi connectivity index (χ0n) is 14.1. The van der Waals surface area contributed by atoms with E-state index in [-0.39, 0.29) is 6.61 Å². The summed E-state index contributed by atoms with van der Waals surface area (Å²) in [5.41, 5.74) is 2.16. The molecule has 0 atom stereocenters. The van der Waals surface area contributed by atoms with E-state index in [0.717, 1.165) is 37.4 Å². The van der Waals surface area contributed by atoms with Crippen molar-refractivity contribution >= 4 is 23.2 Å². The van der Waals surface area contributed by atoms with E-state index in [0.29, 0.717) is 23.2 Å². The van der Waals surface area contributed by atoms with Gasteiger partial charge in [0.25, 0.3) is 0 Å². The van der Waals surface area contributed by atoms with E-state index in [1.165, 1.54) is 5.56 Å². The molecule has 6 heteroatoms. The van der Waals surface area contributed by atoms with Crippen molar-refractivity contribution in [1.29, 1.82) is 0 Å². The van der Waals surface area contributed by atoms with Crippen LogP contribution < -0.4 is 15.4 Å². The van der Waals surface area contributed by atoms with Crippen LogP contribution in [0.4, 0.5) is 0 Å². The fraction of sp³-hybridized carbons (Fsp3) is 0.368. The van der Waals surface area contributed by atoms with Crippen LogP contribution in [0.5, 0.6) is 5.75 Å². The molecule has 2 aromatic rings. The minimum absolute atomic E-state index is 0.183. The van der Waals surface area contributed by atoms with E-state index in [9.17, 15) is 0 Å². The molecule has 0 radical (unpaired) electrons.